The van der Waals surface area contributed by atoms with Crippen molar-refractivity contribution in [1.82, 2.24) is 0 Å². The fraction of sp³-hybridized carbons (Fsp3) is 0. The zero-order valence-electron chi connectivity index (χ0n) is 2.12. The van der Waals surface area contributed by atoms with Crippen molar-refractivity contribution in [3.05, 3.63) is 0 Å². The van der Waals surface area contributed by atoms with Gasteiger partial charge < -0.3 is 0 Å². The van der Waals surface area contributed by atoms with E-state index in [0.717, 1.165) is 0 Å². The van der Waals surface area contributed by atoms with Crippen LogP contribution in [0.1, 0.15) is 0 Å². The van der Waals surface area contributed by atoms with Gasteiger partial charge in [0.2, 0.25) is 0 Å². The van der Waals surface area contributed by atoms with Crippen molar-refractivity contribution in [3.8, 4) is 0 Å². The van der Waals surface area contributed by atoms with Crippen LogP contribution in [0.25, 0.3) is 0 Å². The molecule has 10 heavy (non-hydrogen) atoms. The molecular weight excluding hydrogens is 211 g/mol. The second-order valence-electron chi connectivity index (χ2n) is 0.448. The van der Waals surface area contributed by atoms with Crippen molar-refractivity contribution in [2.45, 2.75) is 0 Å². The standard InChI is InChI=1S/5Na.H2O4S.5H/c;;;;;1-5(2,3)4;;;;;/h;;;;;(H2,1,2,3,4);;;;;. The monoisotopic (exact) mass is 218 g/mol. The van der Waals surface area contributed by atoms with Gasteiger partial charge in [-0.25, -0.2) is 0 Å². The van der Waals surface area contributed by atoms with Crippen molar-refractivity contribution in [2.24, 2.45) is 0 Å². The van der Waals surface area contributed by atoms with Crippen molar-refractivity contribution in [1.29, 1.82) is 0 Å². The summed E-state index contributed by atoms with van der Waals surface area (Å²) in [4.78, 5) is 0. The van der Waals surface area contributed by atoms with E-state index in [0.29, 0.717) is 0 Å². The fourth-order valence-electron chi connectivity index (χ4n) is 0. The van der Waals surface area contributed by atoms with Gasteiger partial charge in [-0.05, 0) is 0 Å². The van der Waals surface area contributed by atoms with Crippen molar-refractivity contribution in [2.75, 3.05) is 0 Å². The molecule has 4 nitrogen and oxygen atoms in total. The normalized spacial score (nSPS) is 5.80. The molecule has 0 spiro atoms. The Bertz CT molecular complexity index is 96.8. The fourth-order valence-corrected chi connectivity index (χ4v) is 0. The average molecular weight is 218 g/mol. The van der Waals surface area contributed by atoms with Crippen molar-refractivity contribution < 1.29 is 17.5 Å². The van der Waals surface area contributed by atoms with E-state index in [9.17, 15) is 0 Å². The molecule has 0 atom stereocenters. The Morgan fingerprint density at radius 3 is 0.700 bits per heavy atom. The van der Waals surface area contributed by atoms with E-state index in [1.807, 2.05) is 0 Å². The molecule has 0 saturated heterocycles. The van der Waals surface area contributed by atoms with Gasteiger partial charge in [-0.3, -0.25) is 9.11 Å². The summed E-state index contributed by atoms with van der Waals surface area (Å²) in [5.74, 6) is 0. The minimum absolute atomic E-state index is 0. The first-order chi connectivity index (χ1) is 2.00. The quantitative estimate of drug-likeness (QED) is 0.322. The Morgan fingerprint density at radius 2 is 0.700 bits per heavy atom. The van der Waals surface area contributed by atoms with Crippen LogP contribution in [-0.4, -0.2) is 165 Å². The van der Waals surface area contributed by atoms with Gasteiger partial charge in [0.1, 0.15) is 0 Å². The Hall–Kier alpha value is 4.87. The molecule has 42 valence electrons. The van der Waals surface area contributed by atoms with Gasteiger partial charge in [0.15, 0.2) is 0 Å². The number of rotatable bonds is 0. The molecule has 0 fully saturated rings. The first-order valence-electron chi connectivity index (χ1n) is 0.698. The Morgan fingerprint density at radius 1 is 0.700 bits per heavy atom. The molecule has 0 rings (SSSR count). The van der Waals surface area contributed by atoms with Gasteiger partial charge in [-0.2, -0.15) is 8.42 Å². The van der Waals surface area contributed by atoms with Gasteiger partial charge in [0.25, 0.3) is 0 Å². The molecule has 0 saturated carbocycles. The summed E-state index contributed by atoms with van der Waals surface area (Å²) < 4.78 is 31.6. The van der Waals surface area contributed by atoms with Crippen LogP contribution in [0.2, 0.25) is 0 Å². The molecular formula is H7Na5O4S. The average Bonchev–Trinajstić information content (AvgIpc) is 0.722. The third kappa shape index (κ3) is 76.5. The molecule has 0 bridgehead atoms. The van der Waals surface area contributed by atoms with Crippen LogP contribution in [0.15, 0.2) is 0 Å². The SMILES string of the molecule is O=S(=O)(O)O.[NaH].[NaH].[NaH].[NaH].[NaH]. The Labute approximate surface area is 171 Å². The molecule has 0 aromatic heterocycles. The van der Waals surface area contributed by atoms with Crippen LogP contribution in [0.4, 0.5) is 0 Å². The van der Waals surface area contributed by atoms with E-state index in [2.05, 4.69) is 0 Å². The van der Waals surface area contributed by atoms with Crippen LogP contribution in [-0.2, 0) is 10.4 Å². The van der Waals surface area contributed by atoms with E-state index in [1.165, 1.54) is 0 Å². The molecule has 0 aromatic rings. The maximum atomic E-state index is 8.74. The molecule has 0 aliphatic carbocycles. The molecule has 2 N–H and O–H groups in total. The third-order valence-electron chi connectivity index (χ3n) is 0. The zero-order valence-corrected chi connectivity index (χ0v) is 2.94. The molecule has 0 aliphatic heterocycles. The van der Waals surface area contributed by atoms with E-state index in [1.54, 1.807) is 0 Å². The molecule has 0 aromatic carbocycles. The molecule has 0 unspecified atom stereocenters. The van der Waals surface area contributed by atoms with E-state index < -0.39 is 10.4 Å². The Kier molecular flexibility index (Phi) is 70.7. The molecule has 0 aliphatic rings. The van der Waals surface area contributed by atoms with Gasteiger partial charge in [0.05, 0.1) is 0 Å². The van der Waals surface area contributed by atoms with Crippen LogP contribution in [0.5, 0.6) is 0 Å². The second kappa shape index (κ2) is 19.4. The summed E-state index contributed by atoms with van der Waals surface area (Å²) in [5, 5.41) is 0. The summed E-state index contributed by atoms with van der Waals surface area (Å²) in [7, 11) is -4.67. The van der Waals surface area contributed by atoms with Gasteiger partial charge in [-0.1, -0.05) is 0 Å². The summed E-state index contributed by atoms with van der Waals surface area (Å²) >= 11 is 0. The molecule has 0 radical (unpaired) electrons. The maximum absolute atomic E-state index is 8.74. The van der Waals surface area contributed by atoms with Crippen LogP contribution >= 0.6 is 0 Å². The van der Waals surface area contributed by atoms with E-state index >= 15 is 0 Å². The number of hydrogen-bond donors (Lipinski definition) is 2. The summed E-state index contributed by atoms with van der Waals surface area (Å²) in [6.07, 6.45) is 0. The van der Waals surface area contributed by atoms with Crippen LogP contribution in [0.3, 0.4) is 0 Å². The van der Waals surface area contributed by atoms with Gasteiger partial charge in [0, 0.05) is 0 Å². The minimum atomic E-state index is -4.67. The predicted molar refractivity (Wildman–Crippen MR) is 49.9 cm³/mol. The van der Waals surface area contributed by atoms with Crippen LogP contribution < -0.4 is 0 Å². The number of hydrogen-bond acceptors (Lipinski definition) is 2. The van der Waals surface area contributed by atoms with E-state index in [4.69, 9.17) is 17.5 Å². The first kappa shape index (κ1) is 36.4. The first-order valence-corrected chi connectivity index (χ1v) is 2.10. The predicted octanol–water partition coefficient (Wildman–Crippen LogP) is -3.90. The topological polar surface area (TPSA) is 74.6 Å². The van der Waals surface area contributed by atoms with Crippen molar-refractivity contribution >= 4 is 158 Å². The summed E-state index contributed by atoms with van der Waals surface area (Å²) in [6.45, 7) is 0. The summed E-state index contributed by atoms with van der Waals surface area (Å²) in [6, 6.07) is 0. The second-order valence-corrected chi connectivity index (χ2v) is 1.34. The van der Waals surface area contributed by atoms with Crippen molar-refractivity contribution in [3.63, 3.8) is 0 Å². The summed E-state index contributed by atoms with van der Waals surface area (Å²) in [5.41, 5.74) is 0. The van der Waals surface area contributed by atoms with Gasteiger partial charge >= 0.3 is 158 Å². The molecule has 0 heterocycles. The molecule has 10 heteroatoms. The third-order valence-corrected chi connectivity index (χ3v) is 0. The van der Waals surface area contributed by atoms with E-state index in [-0.39, 0.29) is 148 Å². The molecule has 0 amide bonds. The Balaban J connectivity index is -0.00000000800. The zero-order chi connectivity index (χ0) is 4.50. The van der Waals surface area contributed by atoms with Gasteiger partial charge in [-0.15, -0.1) is 0 Å². The van der Waals surface area contributed by atoms with Crippen LogP contribution in [0, 0.1) is 0 Å².